The fourth-order valence-electron chi connectivity index (χ4n) is 3.57. The van der Waals surface area contributed by atoms with Crippen LogP contribution in [0, 0.1) is 6.92 Å². The van der Waals surface area contributed by atoms with Gasteiger partial charge in [-0.25, -0.2) is 4.98 Å². The molecule has 1 amide bonds. The molecule has 152 valence electrons. The third-order valence-corrected chi connectivity index (χ3v) is 6.41. The van der Waals surface area contributed by atoms with E-state index >= 15 is 0 Å². The van der Waals surface area contributed by atoms with Crippen LogP contribution >= 0.6 is 11.3 Å². The predicted molar refractivity (Wildman–Crippen MR) is 118 cm³/mol. The van der Waals surface area contributed by atoms with E-state index in [4.69, 9.17) is 9.72 Å². The Balaban J connectivity index is 1.26. The molecule has 2 heterocycles. The third kappa shape index (κ3) is 4.52. The molecule has 1 saturated heterocycles. The van der Waals surface area contributed by atoms with Gasteiger partial charge in [-0.2, -0.15) is 0 Å². The van der Waals surface area contributed by atoms with E-state index in [1.54, 1.807) is 18.4 Å². The van der Waals surface area contributed by atoms with E-state index in [0.717, 1.165) is 64.9 Å². The molecule has 1 fully saturated rings. The van der Waals surface area contributed by atoms with Gasteiger partial charge in [-0.1, -0.05) is 29.5 Å². The number of hydrogen-bond donors (Lipinski definition) is 1. The highest BCUT2D eigenvalue weighted by molar-refractivity contribution is 7.22. The maximum Gasteiger partial charge on any atom is 0.251 e. The summed E-state index contributed by atoms with van der Waals surface area (Å²) in [6, 6.07) is 13.7. The van der Waals surface area contributed by atoms with E-state index in [2.05, 4.69) is 15.1 Å². The van der Waals surface area contributed by atoms with E-state index in [0.29, 0.717) is 6.54 Å². The molecule has 29 heavy (non-hydrogen) atoms. The highest BCUT2D eigenvalue weighted by atomic mass is 32.1. The van der Waals surface area contributed by atoms with Crippen molar-refractivity contribution < 1.29 is 9.53 Å². The molecule has 0 radical (unpaired) electrons. The van der Waals surface area contributed by atoms with Crippen molar-refractivity contribution in [1.82, 2.24) is 15.2 Å². The summed E-state index contributed by atoms with van der Waals surface area (Å²) in [5.41, 5.74) is 2.78. The lowest BCUT2D eigenvalue weighted by Crippen LogP contribution is -2.48. The van der Waals surface area contributed by atoms with Crippen molar-refractivity contribution in [2.45, 2.75) is 6.92 Å². The Hall–Kier alpha value is -2.64. The van der Waals surface area contributed by atoms with Gasteiger partial charge in [0.2, 0.25) is 0 Å². The Morgan fingerprint density at radius 2 is 1.97 bits per heavy atom. The summed E-state index contributed by atoms with van der Waals surface area (Å²) < 4.78 is 6.46. The molecule has 0 unspecified atom stereocenters. The van der Waals surface area contributed by atoms with Gasteiger partial charge in [-0.05, 0) is 36.8 Å². The van der Waals surface area contributed by atoms with Crippen molar-refractivity contribution in [2.75, 3.05) is 51.3 Å². The monoisotopic (exact) mass is 410 g/mol. The van der Waals surface area contributed by atoms with Crippen LogP contribution in [0.4, 0.5) is 5.13 Å². The maximum atomic E-state index is 12.3. The number of thiazole rings is 1. The molecular formula is C22H26N4O2S. The quantitative estimate of drug-likeness (QED) is 0.677. The molecule has 1 aliphatic rings. The fourth-order valence-corrected chi connectivity index (χ4v) is 4.61. The topological polar surface area (TPSA) is 57.7 Å². The number of aromatic nitrogens is 1. The van der Waals surface area contributed by atoms with Crippen LogP contribution in [-0.4, -0.2) is 62.2 Å². The smallest absolute Gasteiger partial charge is 0.251 e. The molecule has 3 aromatic rings. The zero-order valence-corrected chi connectivity index (χ0v) is 17.7. The first kappa shape index (κ1) is 19.7. The van der Waals surface area contributed by atoms with Crippen LogP contribution in [0.2, 0.25) is 0 Å². The summed E-state index contributed by atoms with van der Waals surface area (Å²) in [5, 5.41) is 4.11. The van der Waals surface area contributed by atoms with Gasteiger partial charge in [0.1, 0.15) is 5.75 Å². The zero-order valence-electron chi connectivity index (χ0n) is 16.9. The second-order valence-electron chi connectivity index (χ2n) is 7.23. The van der Waals surface area contributed by atoms with E-state index in [1.807, 2.05) is 49.4 Å². The van der Waals surface area contributed by atoms with Crippen LogP contribution in [0.25, 0.3) is 10.2 Å². The van der Waals surface area contributed by atoms with Gasteiger partial charge < -0.3 is 15.0 Å². The van der Waals surface area contributed by atoms with Crippen molar-refractivity contribution >= 4 is 32.6 Å². The second kappa shape index (κ2) is 8.80. The summed E-state index contributed by atoms with van der Waals surface area (Å²) in [5.74, 6) is 0.872. The maximum absolute atomic E-state index is 12.3. The Kier molecular flexibility index (Phi) is 5.97. The van der Waals surface area contributed by atoms with Crippen molar-refractivity contribution in [3.63, 3.8) is 0 Å². The van der Waals surface area contributed by atoms with Gasteiger partial charge in [0.15, 0.2) is 5.13 Å². The highest BCUT2D eigenvalue weighted by Gasteiger charge is 2.20. The lowest BCUT2D eigenvalue weighted by Gasteiger charge is -2.34. The van der Waals surface area contributed by atoms with Gasteiger partial charge in [0, 0.05) is 44.8 Å². The van der Waals surface area contributed by atoms with E-state index in [1.165, 1.54) is 0 Å². The van der Waals surface area contributed by atoms with E-state index < -0.39 is 0 Å². The summed E-state index contributed by atoms with van der Waals surface area (Å²) in [4.78, 5) is 21.8. The van der Waals surface area contributed by atoms with Gasteiger partial charge in [-0.15, -0.1) is 0 Å². The van der Waals surface area contributed by atoms with Gasteiger partial charge >= 0.3 is 0 Å². The summed E-state index contributed by atoms with van der Waals surface area (Å²) >= 11 is 1.71. The van der Waals surface area contributed by atoms with Crippen molar-refractivity contribution in [1.29, 1.82) is 0 Å². The minimum Gasteiger partial charge on any atom is -0.497 e. The number of fused-ring (bicyclic) bond motifs is 1. The largest absolute Gasteiger partial charge is 0.497 e. The summed E-state index contributed by atoms with van der Waals surface area (Å²) in [7, 11) is 1.69. The van der Waals surface area contributed by atoms with Crippen LogP contribution in [0.1, 0.15) is 15.9 Å². The van der Waals surface area contributed by atoms with Crippen LogP contribution in [-0.2, 0) is 0 Å². The molecule has 2 aromatic carbocycles. The Morgan fingerprint density at radius 3 is 2.72 bits per heavy atom. The van der Waals surface area contributed by atoms with Crippen LogP contribution < -0.4 is 15.0 Å². The first-order valence-corrected chi connectivity index (χ1v) is 10.7. The molecule has 0 atom stereocenters. The molecule has 0 saturated carbocycles. The number of nitrogens with zero attached hydrogens (tertiary/aromatic N) is 3. The van der Waals surface area contributed by atoms with Crippen molar-refractivity contribution in [3.8, 4) is 5.75 Å². The number of carbonyl (C=O) groups is 1. The molecule has 0 aliphatic carbocycles. The summed E-state index contributed by atoms with van der Waals surface area (Å²) in [6.45, 7) is 7.33. The average Bonchev–Trinajstić information content (AvgIpc) is 3.17. The number of aryl methyl sites for hydroxylation is 1. The number of carbonyl (C=O) groups excluding carboxylic acids is 1. The number of anilines is 1. The number of ether oxygens (including phenoxy) is 1. The SMILES string of the molecule is COc1ccc2nc(N3CCN(CCNC(=O)c4ccccc4C)CC3)sc2c1. The number of methoxy groups -OCH3 is 1. The van der Waals surface area contributed by atoms with Crippen LogP contribution in [0.5, 0.6) is 5.75 Å². The number of hydrogen-bond acceptors (Lipinski definition) is 6. The molecule has 1 aliphatic heterocycles. The number of amides is 1. The molecule has 1 N–H and O–H groups in total. The highest BCUT2D eigenvalue weighted by Crippen LogP contribution is 2.31. The Morgan fingerprint density at radius 1 is 1.17 bits per heavy atom. The molecule has 0 spiro atoms. The zero-order chi connectivity index (χ0) is 20.2. The summed E-state index contributed by atoms with van der Waals surface area (Å²) in [6.07, 6.45) is 0. The second-order valence-corrected chi connectivity index (χ2v) is 8.24. The Bertz CT molecular complexity index is 995. The normalized spacial score (nSPS) is 14.9. The lowest BCUT2D eigenvalue weighted by atomic mass is 10.1. The molecule has 6 nitrogen and oxygen atoms in total. The molecule has 7 heteroatoms. The molecule has 1 aromatic heterocycles. The van der Waals surface area contributed by atoms with Crippen molar-refractivity contribution in [2.24, 2.45) is 0 Å². The Labute approximate surface area is 175 Å². The fraction of sp³-hybridized carbons (Fsp3) is 0.364. The number of benzene rings is 2. The van der Waals surface area contributed by atoms with Gasteiger partial charge in [0.05, 0.1) is 17.3 Å². The van der Waals surface area contributed by atoms with Gasteiger partial charge in [-0.3, -0.25) is 9.69 Å². The first-order valence-electron chi connectivity index (χ1n) is 9.90. The van der Waals surface area contributed by atoms with E-state index in [9.17, 15) is 4.79 Å². The van der Waals surface area contributed by atoms with Gasteiger partial charge in [0.25, 0.3) is 5.91 Å². The lowest BCUT2D eigenvalue weighted by molar-refractivity contribution is 0.0947. The minimum absolute atomic E-state index is 0.00615. The molecule has 0 bridgehead atoms. The number of piperazine rings is 1. The standard InChI is InChI=1S/C22H26N4O2S/c1-16-5-3-4-6-18(16)21(27)23-9-10-25-11-13-26(14-12-25)22-24-19-8-7-17(28-2)15-20(19)29-22/h3-8,15H,9-14H2,1-2H3,(H,23,27). The van der Waals surface area contributed by atoms with Crippen LogP contribution in [0.15, 0.2) is 42.5 Å². The first-order chi connectivity index (χ1) is 14.1. The predicted octanol–water partition coefficient (Wildman–Crippen LogP) is 3.17. The minimum atomic E-state index is 0.00615. The third-order valence-electron chi connectivity index (χ3n) is 5.33. The van der Waals surface area contributed by atoms with Crippen molar-refractivity contribution in [3.05, 3.63) is 53.6 Å². The number of nitrogens with one attached hydrogen (secondary N) is 1. The molecule has 4 rings (SSSR count). The van der Waals surface area contributed by atoms with Crippen LogP contribution in [0.3, 0.4) is 0 Å². The number of rotatable bonds is 6. The average molecular weight is 411 g/mol. The van der Waals surface area contributed by atoms with E-state index in [-0.39, 0.29) is 5.91 Å². The molecular weight excluding hydrogens is 384 g/mol.